The predicted octanol–water partition coefficient (Wildman–Crippen LogP) is 4.81. The molecular formula is C30H35N3O5S. The summed E-state index contributed by atoms with van der Waals surface area (Å²) in [6, 6.07) is 18.7. The van der Waals surface area contributed by atoms with E-state index in [-0.39, 0.29) is 17.7 Å². The molecule has 0 saturated carbocycles. The van der Waals surface area contributed by atoms with Crippen molar-refractivity contribution < 1.29 is 22.3 Å². The van der Waals surface area contributed by atoms with Crippen molar-refractivity contribution in [2.45, 2.75) is 30.2 Å². The van der Waals surface area contributed by atoms with Crippen LogP contribution in [0.3, 0.4) is 0 Å². The Balaban J connectivity index is 1.30. The van der Waals surface area contributed by atoms with Gasteiger partial charge in [0.15, 0.2) is 0 Å². The SMILES string of the molecule is COCCOCN(C1CCN(CCc2coc3ccccc23)CC1)S(=O)(=O)c1ccccc1-c1cccnc1. The Morgan fingerprint density at radius 1 is 1.03 bits per heavy atom. The first-order chi connectivity index (χ1) is 19.1. The van der Waals surface area contributed by atoms with E-state index in [1.54, 1.807) is 35.9 Å². The van der Waals surface area contributed by atoms with Crippen molar-refractivity contribution in [3.05, 3.63) is 84.9 Å². The third-order valence-electron chi connectivity index (χ3n) is 7.32. The maximum Gasteiger partial charge on any atom is 0.245 e. The van der Waals surface area contributed by atoms with Gasteiger partial charge in [0.25, 0.3) is 0 Å². The molecule has 0 unspecified atom stereocenters. The third-order valence-corrected chi connectivity index (χ3v) is 9.25. The number of sulfonamides is 1. The molecule has 1 aliphatic heterocycles. The van der Waals surface area contributed by atoms with Gasteiger partial charge in [-0.1, -0.05) is 42.5 Å². The van der Waals surface area contributed by atoms with E-state index in [1.165, 1.54) is 5.56 Å². The van der Waals surface area contributed by atoms with E-state index in [9.17, 15) is 8.42 Å². The molecule has 1 aliphatic rings. The van der Waals surface area contributed by atoms with Gasteiger partial charge in [0.1, 0.15) is 12.3 Å². The molecular weight excluding hydrogens is 514 g/mol. The number of para-hydroxylation sites is 1. The number of rotatable bonds is 12. The monoisotopic (exact) mass is 549 g/mol. The smallest absolute Gasteiger partial charge is 0.245 e. The lowest BCUT2D eigenvalue weighted by atomic mass is 10.0. The molecule has 206 valence electrons. The highest BCUT2D eigenvalue weighted by molar-refractivity contribution is 7.89. The molecule has 3 heterocycles. The van der Waals surface area contributed by atoms with Gasteiger partial charge in [0.05, 0.1) is 24.4 Å². The van der Waals surface area contributed by atoms with Crippen molar-refractivity contribution in [1.29, 1.82) is 0 Å². The van der Waals surface area contributed by atoms with Crippen LogP contribution in [-0.2, 0) is 25.9 Å². The summed E-state index contributed by atoms with van der Waals surface area (Å²) in [5, 5.41) is 1.16. The fourth-order valence-electron chi connectivity index (χ4n) is 5.18. The van der Waals surface area contributed by atoms with Gasteiger partial charge in [0.2, 0.25) is 10.0 Å². The second kappa shape index (κ2) is 12.8. The molecule has 1 saturated heterocycles. The standard InChI is InChI=1S/C30H35N3O5S/c1-36-19-20-37-23-33(39(34,35)30-11-5-3-9-28(30)24-7-6-15-31-21-24)26-13-17-32(18-14-26)16-12-25-22-38-29-10-4-2-8-27(25)29/h2-11,15,21-22,26H,12-14,16-20,23H2,1H3. The lowest BCUT2D eigenvalue weighted by Gasteiger charge is -2.37. The van der Waals surface area contributed by atoms with Crippen molar-refractivity contribution in [3.8, 4) is 11.1 Å². The van der Waals surface area contributed by atoms with Crippen molar-refractivity contribution in [2.24, 2.45) is 0 Å². The summed E-state index contributed by atoms with van der Waals surface area (Å²) in [6.45, 7) is 3.24. The summed E-state index contributed by atoms with van der Waals surface area (Å²) in [7, 11) is -2.25. The van der Waals surface area contributed by atoms with Crippen LogP contribution in [0, 0.1) is 0 Å². The highest BCUT2D eigenvalue weighted by Gasteiger charge is 2.35. The second-order valence-corrected chi connectivity index (χ2v) is 11.6. The number of aromatic nitrogens is 1. The number of pyridine rings is 1. The van der Waals surface area contributed by atoms with E-state index in [0.29, 0.717) is 18.8 Å². The molecule has 39 heavy (non-hydrogen) atoms. The molecule has 5 rings (SSSR count). The molecule has 0 N–H and O–H groups in total. The van der Waals surface area contributed by atoms with Crippen LogP contribution in [0.25, 0.3) is 22.1 Å². The highest BCUT2D eigenvalue weighted by Crippen LogP contribution is 2.32. The first kappa shape index (κ1) is 27.5. The maximum atomic E-state index is 14.1. The van der Waals surface area contributed by atoms with Crippen LogP contribution < -0.4 is 0 Å². The Bertz CT molecular complexity index is 1450. The third kappa shape index (κ3) is 6.40. The van der Waals surface area contributed by atoms with Gasteiger partial charge in [-0.05, 0) is 56.1 Å². The lowest BCUT2D eigenvalue weighted by molar-refractivity contribution is 0.0121. The molecule has 1 fully saturated rings. The summed E-state index contributed by atoms with van der Waals surface area (Å²) in [5.74, 6) is 0. The minimum atomic E-state index is -3.85. The number of methoxy groups -OCH3 is 1. The Hall–Kier alpha value is -3.08. The van der Waals surface area contributed by atoms with E-state index >= 15 is 0 Å². The van der Waals surface area contributed by atoms with Gasteiger partial charge in [0, 0.05) is 48.6 Å². The Morgan fingerprint density at radius 3 is 2.62 bits per heavy atom. The number of hydrogen-bond acceptors (Lipinski definition) is 7. The van der Waals surface area contributed by atoms with E-state index in [1.807, 2.05) is 48.7 Å². The molecule has 9 heteroatoms. The van der Waals surface area contributed by atoms with Crippen LogP contribution in [0.1, 0.15) is 18.4 Å². The summed E-state index contributed by atoms with van der Waals surface area (Å²) in [6.07, 6.45) is 7.57. The van der Waals surface area contributed by atoms with E-state index < -0.39 is 10.0 Å². The number of furan rings is 1. The van der Waals surface area contributed by atoms with Crippen LogP contribution in [0.15, 0.2) is 88.6 Å². The molecule has 0 amide bonds. The van der Waals surface area contributed by atoms with E-state index in [0.717, 1.165) is 55.4 Å². The molecule has 2 aromatic carbocycles. The normalized spacial score (nSPS) is 15.3. The minimum absolute atomic E-state index is 0.0151. The first-order valence-corrected chi connectivity index (χ1v) is 14.8. The molecule has 8 nitrogen and oxygen atoms in total. The summed E-state index contributed by atoms with van der Waals surface area (Å²) in [4.78, 5) is 6.86. The number of piperidine rings is 1. The molecule has 4 aromatic rings. The van der Waals surface area contributed by atoms with Crippen molar-refractivity contribution in [1.82, 2.24) is 14.2 Å². The molecule has 0 bridgehead atoms. The quantitative estimate of drug-likeness (QED) is 0.185. The zero-order chi connectivity index (χ0) is 27.1. The predicted molar refractivity (Wildman–Crippen MR) is 151 cm³/mol. The van der Waals surface area contributed by atoms with Gasteiger partial charge in [-0.25, -0.2) is 8.42 Å². The van der Waals surface area contributed by atoms with Crippen molar-refractivity contribution in [3.63, 3.8) is 0 Å². The van der Waals surface area contributed by atoms with Crippen molar-refractivity contribution >= 4 is 21.0 Å². The fourth-order valence-corrected chi connectivity index (χ4v) is 6.97. The molecule has 0 radical (unpaired) electrons. The average Bonchev–Trinajstić information content (AvgIpc) is 3.40. The Labute approximate surface area is 230 Å². The summed E-state index contributed by atoms with van der Waals surface area (Å²) >= 11 is 0. The van der Waals surface area contributed by atoms with E-state index in [2.05, 4.69) is 16.0 Å². The number of ether oxygens (including phenoxy) is 2. The van der Waals surface area contributed by atoms with Gasteiger partial charge in [-0.3, -0.25) is 4.98 Å². The minimum Gasteiger partial charge on any atom is -0.464 e. The lowest BCUT2D eigenvalue weighted by Crippen LogP contribution is -2.48. The zero-order valence-electron chi connectivity index (χ0n) is 22.2. The van der Waals surface area contributed by atoms with Crippen molar-refractivity contribution in [2.75, 3.05) is 46.7 Å². The Morgan fingerprint density at radius 2 is 1.82 bits per heavy atom. The van der Waals surface area contributed by atoms with Gasteiger partial charge < -0.3 is 18.8 Å². The second-order valence-electron chi connectivity index (χ2n) is 9.74. The zero-order valence-corrected chi connectivity index (χ0v) is 23.1. The van der Waals surface area contributed by atoms with Crippen LogP contribution in [0.5, 0.6) is 0 Å². The fraction of sp³-hybridized carbons (Fsp3) is 0.367. The molecule has 0 aliphatic carbocycles. The first-order valence-electron chi connectivity index (χ1n) is 13.3. The van der Waals surface area contributed by atoms with Gasteiger partial charge in [-0.15, -0.1) is 0 Å². The average molecular weight is 550 g/mol. The summed E-state index contributed by atoms with van der Waals surface area (Å²) in [5.41, 5.74) is 3.51. The van der Waals surface area contributed by atoms with Crippen LogP contribution in [-0.4, -0.2) is 75.3 Å². The number of nitrogens with zero attached hydrogens (tertiary/aromatic N) is 3. The van der Waals surface area contributed by atoms with Crippen LogP contribution >= 0.6 is 0 Å². The van der Waals surface area contributed by atoms with Gasteiger partial charge in [-0.2, -0.15) is 4.31 Å². The number of benzene rings is 2. The maximum absolute atomic E-state index is 14.1. The number of hydrogen-bond donors (Lipinski definition) is 0. The summed E-state index contributed by atoms with van der Waals surface area (Å²) < 4.78 is 46.4. The highest BCUT2D eigenvalue weighted by atomic mass is 32.2. The van der Waals surface area contributed by atoms with Crippen LogP contribution in [0.4, 0.5) is 0 Å². The van der Waals surface area contributed by atoms with Crippen LogP contribution in [0.2, 0.25) is 0 Å². The van der Waals surface area contributed by atoms with Gasteiger partial charge >= 0.3 is 0 Å². The molecule has 0 spiro atoms. The number of fused-ring (bicyclic) bond motifs is 1. The topological polar surface area (TPSA) is 85.1 Å². The van der Waals surface area contributed by atoms with E-state index in [4.69, 9.17) is 13.9 Å². The molecule has 2 aromatic heterocycles. The largest absolute Gasteiger partial charge is 0.464 e. The molecule has 0 atom stereocenters. The Kier molecular flexibility index (Phi) is 9.06. The number of likely N-dealkylation sites (tertiary alicyclic amines) is 1.